The second kappa shape index (κ2) is 7.28. The Kier molecular flexibility index (Phi) is 4.46. The Balaban J connectivity index is 1.32. The van der Waals surface area contributed by atoms with Crippen molar-refractivity contribution in [1.82, 2.24) is 14.9 Å². The van der Waals surface area contributed by atoms with Crippen molar-refractivity contribution in [3.63, 3.8) is 0 Å². The Morgan fingerprint density at radius 2 is 2.21 bits per heavy atom. The average molecular weight is 389 g/mol. The summed E-state index contributed by atoms with van der Waals surface area (Å²) in [4.78, 5) is 23.1. The molecule has 2 aromatic heterocycles. The molecule has 1 amide bonds. The van der Waals surface area contributed by atoms with Crippen LogP contribution in [-0.4, -0.2) is 41.0 Å². The van der Waals surface area contributed by atoms with Crippen molar-refractivity contribution in [1.29, 1.82) is 0 Å². The Hall–Kier alpha value is -3.28. The summed E-state index contributed by atoms with van der Waals surface area (Å²) in [6.45, 7) is 1.49. The first-order chi connectivity index (χ1) is 14.2. The molecule has 1 atom stereocenters. The van der Waals surface area contributed by atoms with Gasteiger partial charge in [0, 0.05) is 36.0 Å². The van der Waals surface area contributed by atoms with Crippen molar-refractivity contribution in [2.24, 2.45) is 0 Å². The van der Waals surface area contributed by atoms with Gasteiger partial charge in [0.2, 0.25) is 5.91 Å². The van der Waals surface area contributed by atoms with Crippen molar-refractivity contribution in [3.05, 3.63) is 60.1 Å². The van der Waals surface area contributed by atoms with Crippen LogP contribution >= 0.6 is 0 Å². The number of carbonyl (C=O) groups excluding carboxylic acids is 1. The SMILES string of the molecule is COc1ccc2c(CC(=O)N3CCCC(c4nc5ccccc5[nH]4)C3)coc2c1. The summed E-state index contributed by atoms with van der Waals surface area (Å²) in [5, 5.41) is 0.963. The fourth-order valence-electron chi connectivity index (χ4n) is 4.19. The Morgan fingerprint density at radius 3 is 3.07 bits per heavy atom. The molecule has 0 spiro atoms. The number of nitrogens with one attached hydrogen (secondary N) is 1. The third-order valence-electron chi connectivity index (χ3n) is 5.77. The second-order valence-electron chi connectivity index (χ2n) is 7.62. The summed E-state index contributed by atoms with van der Waals surface area (Å²) in [7, 11) is 1.63. The van der Waals surface area contributed by atoms with Gasteiger partial charge in [-0.3, -0.25) is 4.79 Å². The fraction of sp³-hybridized carbons (Fsp3) is 0.304. The summed E-state index contributed by atoms with van der Waals surface area (Å²) < 4.78 is 10.9. The molecule has 1 saturated heterocycles. The van der Waals surface area contributed by atoms with Gasteiger partial charge in [-0.05, 0) is 37.1 Å². The first-order valence-electron chi connectivity index (χ1n) is 9.98. The highest BCUT2D eigenvalue weighted by atomic mass is 16.5. The number of ether oxygens (including phenoxy) is 1. The maximum atomic E-state index is 13.0. The number of para-hydroxylation sites is 2. The molecule has 1 aliphatic heterocycles. The lowest BCUT2D eigenvalue weighted by Gasteiger charge is -2.32. The van der Waals surface area contributed by atoms with Gasteiger partial charge in [-0.15, -0.1) is 0 Å². The lowest BCUT2D eigenvalue weighted by atomic mass is 9.96. The van der Waals surface area contributed by atoms with Crippen molar-refractivity contribution in [2.75, 3.05) is 20.2 Å². The monoisotopic (exact) mass is 389 g/mol. The van der Waals surface area contributed by atoms with Crippen LogP contribution in [0.1, 0.15) is 30.1 Å². The molecule has 1 N–H and O–H groups in total. The van der Waals surface area contributed by atoms with E-state index in [0.717, 1.165) is 58.5 Å². The van der Waals surface area contributed by atoms with Crippen LogP contribution in [-0.2, 0) is 11.2 Å². The molecular weight excluding hydrogens is 366 g/mol. The smallest absolute Gasteiger partial charge is 0.227 e. The first kappa shape index (κ1) is 17.8. The van der Waals surface area contributed by atoms with Crippen molar-refractivity contribution in [2.45, 2.75) is 25.2 Å². The molecule has 1 aliphatic rings. The highest BCUT2D eigenvalue weighted by Crippen LogP contribution is 2.29. The Bertz CT molecular complexity index is 1140. The van der Waals surface area contributed by atoms with E-state index in [1.807, 2.05) is 47.4 Å². The zero-order chi connectivity index (χ0) is 19.8. The average Bonchev–Trinajstić information content (AvgIpc) is 3.37. The predicted molar refractivity (Wildman–Crippen MR) is 111 cm³/mol. The van der Waals surface area contributed by atoms with Crippen LogP contribution in [0.25, 0.3) is 22.0 Å². The van der Waals surface area contributed by atoms with E-state index in [-0.39, 0.29) is 11.8 Å². The number of rotatable bonds is 4. The number of imidazole rings is 1. The van der Waals surface area contributed by atoms with Gasteiger partial charge in [-0.25, -0.2) is 4.98 Å². The van der Waals surface area contributed by atoms with Crippen LogP contribution < -0.4 is 4.74 Å². The number of amides is 1. The van der Waals surface area contributed by atoms with Crippen LogP contribution in [0, 0.1) is 0 Å². The summed E-state index contributed by atoms with van der Waals surface area (Å²) in [5.41, 5.74) is 3.68. The molecule has 29 heavy (non-hydrogen) atoms. The lowest BCUT2D eigenvalue weighted by Crippen LogP contribution is -2.40. The van der Waals surface area contributed by atoms with Gasteiger partial charge in [-0.1, -0.05) is 12.1 Å². The van der Waals surface area contributed by atoms with E-state index in [4.69, 9.17) is 14.1 Å². The minimum absolute atomic E-state index is 0.129. The van der Waals surface area contributed by atoms with Crippen LogP contribution in [0.2, 0.25) is 0 Å². The van der Waals surface area contributed by atoms with Gasteiger partial charge in [0.25, 0.3) is 0 Å². The molecule has 0 aliphatic carbocycles. The van der Waals surface area contributed by atoms with Crippen molar-refractivity contribution < 1.29 is 13.9 Å². The van der Waals surface area contributed by atoms with Crippen molar-refractivity contribution in [3.8, 4) is 5.75 Å². The largest absolute Gasteiger partial charge is 0.497 e. The Morgan fingerprint density at radius 1 is 1.31 bits per heavy atom. The number of nitrogens with zero attached hydrogens (tertiary/aromatic N) is 2. The van der Waals surface area contributed by atoms with E-state index in [1.54, 1.807) is 13.4 Å². The summed E-state index contributed by atoms with van der Waals surface area (Å²) in [6.07, 6.45) is 4.05. The molecule has 6 heteroatoms. The minimum atomic E-state index is 0.129. The van der Waals surface area contributed by atoms with Crippen molar-refractivity contribution >= 4 is 27.9 Å². The first-order valence-corrected chi connectivity index (χ1v) is 9.98. The van der Waals surface area contributed by atoms with E-state index in [1.165, 1.54) is 0 Å². The number of furan rings is 1. The summed E-state index contributed by atoms with van der Waals surface area (Å²) >= 11 is 0. The molecule has 0 bridgehead atoms. The molecule has 148 valence electrons. The number of hydrogen-bond donors (Lipinski definition) is 1. The minimum Gasteiger partial charge on any atom is -0.497 e. The number of fused-ring (bicyclic) bond motifs is 2. The van der Waals surface area contributed by atoms with Crippen LogP contribution in [0.5, 0.6) is 5.75 Å². The molecule has 0 radical (unpaired) electrons. The topological polar surface area (TPSA) is 71.4 Å². The fourth-order valence-corrected chi connectivity index (χ4v) is 4.19. The number of likely N-dealkylation sites (tertiary alicyclic amines) is 1. The lowest BCUT2D eigenvalue weighted by molar-refractivity contribution is -0.131. The number of piperidine rings is 1. The van der Waals surface area contributed by atoms with Crippen LogP contribution in [0.15, 0.2) is 53.1 Å². The number of H-pyrrole nitrogens is 1. The van der Waals surface area contributed by atoms with E-state index in [9.17, 15) is 4.79 Å². The maximum absolute atomic E-state index is 13.0. The van der Waals surface area contributed by atoms with E-state index < -0.39 is 0 Å². The zero-order valence-electron chi connectivity index (χ0n) is 16.4. The van der Waals surface area contributed by atoms with Gasteiger partial charge in [-0.2, -0.15) is 0 Å². The number of hydrogen-bond acceptors (Lipinski definition) is 4. The van der Waals surface area contributed by atoms with Crippen LogP contribution in [0.3, 0.4) is 0 Å². The van der Waals surface area contributed by atoms with Gasteiger partial charge in [0.15, 0.2) is 0 Å². The maximum Gasteiger partial charge on any atom is 0.227 e. The molecule has 0 saturated carbocycles. The Labute approximate surface area is 168 Å². The van der Waals surface area contributed by atoms with Gasteiger partial charge < -0.3 is 19.0 Å². The van der Waals surface area contributed by atoms with E-state index in [0.29, 0.717) is 13.0 Å². The number of benzene rings is 2. The summed E-state index contributed by atoms with van der Waals surface area (Å²) in [6, 6.07) is 13.7. The second-order valence-corrected chi connectivity index (χ2v) is 7.62. The highest BCUT2D eigenvalue weighted by molar-refractivity contribution is 5.88. The molecule has 4 aromatic rings. The third-order valence-corrected chi connectivity index (χ3v) is 5.77. The van der Waals surface area contributed by atoms with Crippen LogP contribution in [0.4, 0.5) is 0 Å². The number of aromatic amines is 1. The molecular formula is C23H23N3O3. The molecule has 2 aromatic carbocycles. The number of aromatic nitrogens is 2. The molecule has 1 fully saturated rings. The molecule has 3 heterocycles. The van der Waals surface area contributed by atoms with Gasteiger partial charge in [0.1, 0.15) is 17.2 Å². The number of carbonyl (C=O) groups is 1. The number of methoxy groups -OCH3 is 1. The predicted octanol–water partition coefficient (Wildman–Crippen LogP) is 4.27. The third kappa shape index (κ3) is 3.35. The quantitative estimate of drug-likeness (QED) is 0.566. The highest BCUT2D eigenvalue weighted by Gasteiger charge is 2.27. The van der Waals surface area contributed by atoms with Gasteiger partial charge >= 0.3 is 0 Å². The standard InChI is InChI=1S/C23H23N3O3/c1-28-17-8-9-18-16(14-29-21(18)12-17)11-22(27)26-10-4-5-15(13-26)23-24-19-6-2-3-7-20(19)25-23/h2-3,6-9,12,14-15H,4-5,10-11,13H2,1H3,(H,24,25). The normalized spacial score (nSPS) is 17.1. The zero-order valence-corrected chi connectivity index (χ0v) is 16.4. The molecule has 1 unspecified atom stereocenters. The van der Waals surface area contributed by atoms with Gasteiger partial charge in [0.05, 0.1) is 30.8 Å². The summed E-state index contributed by atoms with van der Waals surface area (Å²) in [5.74, 6) is 2.09. The van der Waals surface area contributed by atoms with E-state index >= 15 is 0 Å². The molecule has 5 rings (SSSR count). The van der Waals surface area contributed by atoms with E-state index in [2.05, 4.69) is 4.98 Å². The molecule has 6 nitrogen and oxygen atoms in total.